The predicted octanol–water partition coefficient (Wildman–Crippen LogP) is 4.94. The molecule has 2 aromatic carbocycles. The van der Waals surface area contributed by atoms with Gasteiger partial charge in [-0.25, -0.2) is 8.78 Å². The van der Waals surface area contributed by atoms with Gasteiger partial charge in [0, 0.05) is 11.7 Å². The Morgan fingerprint density at radius 1 is 0.870 bits per heavy atom. The van der Waals surface area contributed by atoms with E-state index in [4.69, 9.17) is 0 Å². The van der Waals surface area contributed by atoms with Crippen molar-refractivity contribution in [3.63, 3.8) is 0 Å². The van der Waals surface area contributed by atoms with Crippen molar-refractivity contribution < 1.29 is 13.6 Å². The second-order valence-corrected chi connectivity index (χ2v) is 5.90. The molecule has 0 atom stereocenters. The number of carbonyl (C=O) groups excluding carboxylic acids is 1. The molecule has 3 rings (SSSR count). The maximum atomic E-state index is 14.1. The Bertz CT molecular complexity index is 661. The van der Waals surface area contributed by atoms with Crippen LogP contribution in [0.2, 0.25) is 0 Å². The summed E-state index contributed by atoms with van der Waals surface area (Å²) in [6, 6.07) is 12.6. The predicted molar refractivity (Wildman–Crippen MR) is 86.5 cm³/mol. The Hall–Kier alpha value is -2.23. The van der Waals surface area contributed by atoms with Crippen LogP contribution in [0.3, 0.4) is 0 Å². The van der Waals surface area contributed by atoms with Crippen molar-refractivity contribution in [2.24, 2.45) is 0 Å². The lowest BCUT2D eigenvalue weighted by atomic mass is 9.93. The number of hydrogen-bond donors (Lipinski definition) is 0. The number of para-hydroxylation sites is 1. The van der Waals surface area contributed by atoms with Crippen LogP contribution in [-0.2, 0) is 0 Å². The highest BCUT2D eigenvalue weighted by molar-refractivity contribution is 6.06. The zero-order chi connectivity index (χ0) is 16.2. The molecule has 1 amide bonds. The normalized spacial score (nSPS) is 15.4. The van der Waals surface area contributed by atoms with Gasteiger partial charge < -0.3 is 4.90 Å². The van der Waals surface area contributed by atoms with Gasteiger partial charge in [0.15, 0.2) is 0 Å². The third-order valence-electron chi connectivity index (χ3n) is 4.37. The summed E-state index contributed by atoms with van der Waals surface area (Å²) in [4.78, 5) is 14.5. The first-order chi connectivity index (χ1) is 11.2. The standard InChI is InChI=1S/C19H19F2NO/c20-16-12-7-13-17(21)18(16)19(23)22(14-8-3-1-4-9-14)15-10-5-2-6-11-15/h1,3-4,7-9,12-13,15H,2,5-6,10-11H2. The van der Waals surface area contributed by atoms with E-state index in [0.717, 1.165) is 44.2 Å². The largest absolute Gasteiger partial charge is 0.305 e. The maximum Gasteiger partial charge on any atom is 0.264 e. The molecule has 0 bridgehead atoms. The first-order valence-corrected chi connectivity index (χ1v) is 8.01. The van der Waals surface area contributed by atoms with Crippen molar-refractivity contribution in [2.75, 3.05) is 4.90 Å². The van der Waals surface area contributed by atoms with Crippen molar-refractivity contribution in [2.45, 2.75) is 38.1 Å². The molecule has 0 unspecified atom stereocenters. The summed E-state index contributed by atoms with van der Waals surface area (Å²) >= 11 is 0. The summed E-state index contributed by atoms with van der Waals surface area (Å²) in [6.45, 7) is 0. The van der Waals surface area contributed by atoms with E-state index in [1.165, 1.54) is 6.07 Å². The number of amides is 1. The first kappa shape index (κ1) is 15.7. The van der Waals surface area contributed by atoms with Crippen molar-refractivity contribution in [3.8, 4) is 0 Å². The minimum atomic E-state index is -0.813. The van der Waals surface area contributed by atoms with E-state index in [9.17, 15) is 13.6 Å². The summed E-state index contributed by atoms with van der Waals surface area (Å²) in [7, 11) is 0. The lowest BCUT2D eigenvalue weighted by molar-refractivity contribution is 0.0962. The fourth-order valence-corrected chi connectivity index (χ4v) is 3.24. The van der Waals surface area contributed by atoms with Crippen LogP contribution < -0.4 is 4.90 Å². The van der Waals surface area contributed by atoms with Gasteiger partial charge in [-0.3, -0.25) is 4.79 Å². The van der Waals surface area contributed by atoms with Crippen LogP contribution in [0.4, 0.5) is 14.5 Å². The Morgan fingerprint density at radius 3 is 2.09 bits per heavy atom. The van der Waals surface area contributed by atoms with Crippen molar-refractivity contribution in [3.05, 3.63) is 65.7 Å². The molecule has 2 aromatic rings. The molecule has 1 aliphatic rings. The van der Waals surface area contributed by atoms with Gasteiger partial charge in [-0.2, -0.15) is 0 Å². The maximum absolute atomic E-state index is 14.1. The highest BCUT2D eigenvalue weighted by Crippen LogP contribution is 2.29. The van der Waals surface area contributed by atoms with E-state index < -0.39 is 23.1 Å². The molecule has 0 saturated heterocycles. The van der Waals surface area contributed by atoms with Crippen LogP contribution >= 0.6 is 0 Å². The van der Waals surface area contributed by atoms with E-state index in [0.29, 0.717) is 5.69 Å². The molecular formula is C19H19F2NO. The minimum Gasteiger partial charge on any atom is -0.305 e. The molecule has 120 valence electrons. The fraction of sp³-hybridized carbons (Fsp3) is 0.316. The van der Waals surface area contributed by atoms with Crippen LogP contribution in [0.5, 0.6) is 0 Å². The quantitative estimate of drug-likeness (QED) is 0.785. The lowest BCUT2D eigenvalue weighted by Crippen LogP contribution is -2.42. The number of hydrogen-bond acceptors (Lipinski definition) is 1. The lowest BCUT2D eigenvalue weighted by Gasteiger charge is -2.34. The highest BCUT2D eigenvalue weighted by Gasteiger charge is 2.30. The van der Waals surface area contributed by atoms with Gasteiger partial charge in [-0.15, -0.1) is 0 Å². The zero-order valence-electron chi connectivity index (χ0n) is 12.8. The highest BCUT2D eigenvalue weighted by atomic mass is 19.1. The summed E-state index contributed by atoms with van der Waals surface area (Å²) in [5.41, 5.74) is 0.217. The topological polar surface area (TPSA) is 20.3 Å². The molecule has 1 aliphatic carbocycles. The van der Waals surface area contributed by atoms with Crippen molar-refractivity contribution in [1.29, 1.82) is 0 Å². The summed E-state index contributed by atoms with van der Waals surface area (Å²) in [5, 5.41) is 0. The first-order valence-electron chi connectivity index (χ1n) is 8.01. The van der Waals surface area contributed by atoms with E-state index >= 15 is 0 Å². The van der Waals surface area contributed by atoms with Crippen molar-refractivity contribution >= 4 is 11.6 Å². The molecule has 0 heterocycles. The molecule has 0 aliphatic heterocycles. The van der Waals surface area contributed by atoms with Crippen LogP contribution in [-0.4, -0.2) is 11.9 Å². The Kier molecular flexibility index (Phi) is 4.70. The fourth-order valence-electron chi connectivity index (χ4n) is 3.24. The SMILES string of the molecule is O=C(c1c(F)cccc1F)N(c1ccccc1)C1CCCCC1. The second kappa shape index (κ2) is 6.90. The van der Waals surface area contributed by atoms with Gasteiger partial charge in [-0.1, -0.05) is 43.5 Å². The average molecular weight is 315 g/mol. The van der Waals surface area contributed by atoms with Gasteiger partial charge in [0.25, 0.3) is 5.91 Å². The molecule has 0 spiro atoms. The van der Waals surface area contributed by atoms with Crippen LogP contribution in [0, 0.1) is 11.6 Å². The van der Waals surface area contributed by atoms with Gasteiger partial charge in [-0.05, 0) is 37.1 Å². The van der Waals surface area contributed by atoms with E-state index in [2.05, 4.69) is 0 Å². The van der Waals surface area contributed by atoms with Gasteiger partial charge in [0.05, 0.1) is 0 Å². The van der Waals surface area contributed by atoms with E-state index in [-0.39, 0.29) is 6.04 Å². The number of halogens is 2. The van der Waals surface area contributed by atoms with Gasteiger partial charge >= 0.3 is 0 Å². The van der Waals surface area contributed by atoms with Crippen molar-refractivity contribution in [1.82, 2.24) is 0 Å². The van der Waals surface area contributed by atoms with E-state index in [1.807, 2.05) is 30.3 Å². The number of nitrogens with zero attached hydrogens (tertiary/aromatic N) is 1. The molecule has 2 nitrogen and oxygen atoms in total. The molecule has 0 radical (unpaired) electrons. The molecule has 0 N–H and O–H groups in total. The Morgan fingerprint density at radius 2 is 1.48 bits per heavy atom. The van der Waals surface area contributed by atoms with Crippen LogP contribution in [0.15, 0.2) is 48.5 Å². The monoisotopic (exact) mass is 315 g/mol. The molecule has 0 aromatic heterocycles. The van der Waals surface area contributed by atoms with Crippen LogP contribution in [0.1, 0.15) is 42.5 Å². The number of benzene rings is 2. The average Bonchev–Trinajstić information content (AvgIpc) is 2.57. The van der Waals surface area contributed by atoms with Gasteiger partial charge in [0.2, 0.25) is 0 Å². The molecule has 1 fully saturated rings. The third-order valence-corrected chi connectivity index (χ3v) is 4.37. The minimum absolute atomic E-state index is 0.0161. The van der Waals surface area contributed by atoms with E-state index in [1.54, 1.807) is 4.90 Å². The summed E-state index contributed by atoms with van der Waals surface area (Å²) in [5.74, 6) is -2.22. The molecule has 4 heteroatoms. The molecular weight excluding hydrogens is 296 g/mol. The molecule has 23 heavy (non-hydrogen) atoms. The molecule has 1 saturated carbocycles. The zero-order valence-corrected chi connectivity index (χ0v) is 12.8. The number of rotatable bonds is 3. The number of anilines is 1. The Labute approximate surface area is 134 Å². The van der Waals surface area contributed by atoms with Crippen LogP contribution in [0.25, 0.3) is 0 Å². The van der Waals surface area contributed by atoms with Gasteiger partial charge in [0.1, 0.15) is 17.2 Å². The number of carbonyl (C=O) groups is 1. The summed E-state index contributed by atoms with van der Waals surface area (Å²) < 4.78 is 28.1. The summed E-state index contributed by atoms with van der Waals surface area (Å²) in [6.07, 6.45) is 4.91. The second-order valence-electron chi connectivity index (χ2n) is 5.90. The third kappa shape index (κ3) is 3.26. The Balaban J connectivity index is 2.02. The smallest absolute Gasteiger partial charge is 0.264 e.